The van der Waals surface area contributed by atoms with E-state index in [0.717, 1.165) is 0 Å². The van der Waals surface area contributed by atoms with Crippen LogP contribution < -0.4 is 144 Å². The first kappa shape index (κ1) is 33.2. The zero-order valence-electron chi connectivity index (χ0n) is 12.8. The van der Waals surface area contributed by atoms with Gasteiger partial charge in [-0.15, -0.1) is 0 Å². The van der Waals surface area contributed by atoms with Crippen molar-refractivity contribution in [3.05, 3.63) is 12.7 Å². The molecule has 2 rings (SSSR count). The van der Waals surface area contributed by atoms with Gasteiger partial charge in [-0.05, 0) is 0 Å². The Kier molecular flexibility index (Phi) is 21.1. The van der Waals surface area contributed by atoms with Gasteiger partial charge in [0.25, 0.3) is 0 Å². The van der Waals surface area contributed by atoms with Crippen molar-refractivity contribution in [2.75, 3.05) is 5.73 Å². The fourth-order valence-corrected chi connectivity index (χ4v) is 1.89. The number of rotatable bonds is 2. The molecule has 2 aromatic heterocycles. The maximum absolute atomic E-state index is 9.32. The van der Waals surface area contributed by atoms with Gasteiger partial charge in [-0.2, -0.15) is 0 Å². The molecule has 0 aromatic carbocycles. The van der Waals surface area contributed by atoms with Crippen molar-refractivity contribution in [3.8, 4) is 0 Å². The van der Waals surface area contributed by atoms with Crippen molar-refractivity contribution in [3.63, 3.8) is 0 Å². The molecule has 106 valence electrons. The number of aromatic amines is 1. The molecule has 0 atom stereocenters. The van der Waals surface area contributed by atoms with E-state index < -0.39 is 15.6 Å². The molecule has 0 saturated carbocycles. The minimum absolute atomic E-state index is 0. The number of H-pyrrole nitrogens is 1. The Morgan fingerprint density at radius 1 is 0.957 bits per heavy atom. The molecule has 0 radical (unpaired) electrons. The van der Waals surface area contributed by atoms with Gasteiger partial charge < -0.3 is 43.7 Å². The molecule has 0 amide bonds. The molecule has 2 heterocycles. The van der Waals surface area contributed by atoms with Gasteiger partial charge in [-0.3, -0.25) is 0 Å². The van der Waals surface area contributed by atoms with Crippen LogP contribution in [0.2, 0.25) is 0 Å². The first-order valence-electron chi connectivity index (χ1n) is 4.23. The largest absolute Gasteiger partial charge is 1.00 e. The van der Waals surface area contributed by atoms with E-state index in [4.69, 9.17) is 5.73 Å². The van der Waals surface area contributed by atoms with Crippen molar-refractivity contribution in [1.29, 1.82) is 0 Å². The van der Waals surface area contributed by atoms with Gasteiger partial charge in [-0.1, -0.05) is 0 Å². The number of phosphoric acid groups is 2. The number of nitrogens with two attached hydrogens (primary N) is 1. The number of aromatic nitrogens is 4. The molecule has 23 heavy (non-hydrogen) atoms. The average Bonchev–Trinajstić information content (AvgIpc) is 2.61. The molecule has 0 aliphatic rings. The Morgan fingerprint density at radius 3 is 1.78 bits per heavy atom. The van der Waals surface area contributed by atoms with Gasteiger partial charge in [0.05, 0.1) is 22.0 Å². The van der Waals surface area contributed by atoms with Crippen LogP contribution in [0, 0.1) is 0 Å². The third-order valence-electron chi connectivity index (χ3n) is 1.45. The number of imidazole rings is 1. The molecular weight excluding hydrogens is 396 g/mol. The predicted octanol–water partition coefficient (Wildman–Crippen LogP) is -15.4. The fourth-order valence-electron chi connectivity index (χ4n) is 0.906. The van der Waals surface area contributed by atoms with Crippen molar-refractivity contribution >= 4 is 32.6 Å². The SMILES string of the molecule is Nc1ncnc2nc[nH]c12.O=P([O-])([O-])OP(=O)([O-])[O-].[Na+].[Na+].[Na+].[Na+]. The molecule has 0 unspecified atom stereocenters. The van der Waals surface area contributed by atoms with Crippen LogP contribution >= 0.6 is 15.6 Å². The second-order valence-electron chi connectivity index (χ2n) is 2.84. The van der Waals surface area contributed by atoms with Crippen LogP contribution in [0.15, 0.2) is 12.7 Å². The maximum Gasteiger partial charge on any atom is 1.00 e. The third-order valence-corrected chi connectivity index (χ3v) is 3.05. The van der Waals surface area contributed by atoms with E-state index in [-0.39, 0.29) is 118 Å². The third kappa shape index (κ3) is 15.4. The number of hydrogen-bond donors (Lipinski definition) is 2. The van der Waals surface area contributed by atoms with E-state index in [1.165, 1.54) is 12.7 Å². The summed E-state index contributed by atoms with van der Waals surface area (Å²) >= 11 is 0. The standard InChI is InChI=1S/C5H5N5.4Na.H4O7P2/c6-4-3-5(9-1-7-3)10-2-8-4;;;;;1-8(2,3)7-9(4,5)6/h1-2H,(H3,6,7,8,9,10);;;;;(H2,1,2,3)(H2,4,5,6)/q;4*+1;/p-4. The van der Waals surface area contributed by atoms with Crippen molar-refractivity contribution < 1.29 is 151 Å². The van der Waals surface area contributed by atoms with E-state index in [1.54, 1.807) is 0 Å². The molecule has 0 aliphatic carbocycles. The van der Waals surface area contributed by atoms with Gasteiger partial charge >= 0.3 is 118 Å². The number of hydrogen-bond acceptors (Lipinski definition) is 11. The van der Waals surface area contributed by atoms with Crippen LogP contribution in [-0.2, 0) is 13.4 Å². The Balaban J connectivity index is -0.000000135. The number of nitrogen functional groups attached to an aromatic ring is 1. The molecule has 0 saturated heterocycles. The maximum atomic E-state index is 9.32. The van der Waals surface area contributed by atoms with Crippen molar-refractivity contribution in [1.82, 2.24) is 19.9 Å². The molecule has 3 N–H and O–H groups in total. The Hall–Kier alpha value is 2.61. The zero-order chi connectivity index (χ0) is 14.7. The summed E-state index contributed by atoms with van der Waals surface area (Å²) in [5.41, 5.74) is 6.78. The van der Waals surface area contributed by atoms with Gasteiger partial charge in [0.15, 0.2) is 11.5 Å². The Labute approximate surface area is 218 Å². The molecule has 0 fully saturated rings. The first-order chi connectivity index (χ1) is 8.58. The van der Waals surface area contributed by atoms with Crippen LogP contribution in [-0.4, -0.2) is 19.9 Å². The molecule has 12 nitrogen and oxygen atoms in total. The summed E-state index contributed by atoms with van der Waals surface area (Å²) in [7, 11) is -11.4. The van der Waals surface area contributed by atoms with Gasteiger partial charge in [-0.25, -0.2) is 15.0 Å². The van der Waals surface area contributed by atoms with Crippen LogP contribution in [0.1, 0.15) is 0 Å². The van der Waals surface area contributed by atoms with E-state index >= 15 is 0 Å². The van der Waals surface area contributed by atoms with Crippen molar-refractivity contribution in [2.24, 2.45) is 0 Å². The van der Waals surface area contributed by atoms with E-state index in [9.17, 15) is 28.7 Å². The monoisotopic (exact) mass is 401 g/mol. The smallest absolute Gasteiger partial charge is 0.790 e. The first-order valence-corrected chi connectivity index (χ1v) is 7.15. The summed E-state index contributed by atoms with van der Waals surface area (Å²) in [6.45, 7) is 0. The van der Waals surface area contributed by atoms with Crippen LogP contribution in [0.3, 0.4) is 0 Å². The van der Waals surface area contributed by atoms with E-state index in [0.29, 0.717) is 17.0 Å². The average molecular weight is 401 g/mol. The molecule has 0 spiro atoms. The normalized spacial score (nSPS) is 9.91. The quantitative estimate of drug-likeness (QED) is 0.356. The van der Waals surface area contributed by atoms with Crippen molar-refractivity contribution in [2.45, 2.75) is 0 Å². The molecule has 0 bridgehead atoms. The summed E-state index contributed by atoms with van der Waals surface area (Å²) in [6, 6.07) is 0. The Morgan fingerprint density at radius 2 is 1.43 bits per heavy atom. The topological polar surface area (TPSA) is 216 Å². The minimum atomic E-state index is -5.68. The Bertz CT molecular complexity index is 641. The fraction of sp³-hybridized carbons (Fsp3) is 0. The van der Waals surface area contributed by atoms with Gasteiger partial charge in [0.2, 0.25) is 0 Å². The summed E-state index contributed by atoms with van der Waals surface area (Å²) in [5.74, 6) is 0.433. The molecular formula is C5H5N5Na4O7P2. The van der Waals surface area contributed by atoms with Crippen LogP contribution in [0.4, 0.5) is 5.82 Å². The van der Waals surface area contributed by atoms with Crippen LogP contribution in [0.5, 0.6) is 0 Å². The number of fused-ring (bicyclic) bond motifs is 1. The predicted molar refractivity (Wildman–Crippen MR) is 52.4 cm³/mol. The molecule has 18 heteroatoms. The molecule has 0 aliphatic heterocycles. The summed E-state index contributed by atoms with van der Waals surface area (Å²) in [6.07, 6.45) is 2.92. The van der Waals surface area contributed by atoms with E-state index in [2.05, 4.69) is 24.2 Å². The second-order valence-corrected chi connectivity index (χ2v) is 5.28. The number of nitrogens with zero attached hydrogens (tertiary/aromatic N) is 3. The van der Waals surface area contributed by atoms with Gasteiger partial charge in [0.1, 0.15) is 11.8 Å². The summed E-state index contributed by atoms with van der Waals surface area (Å²) < 4.78 is 21.2. The number of nitrogens with one attached hydrogen (secondary N) is 1. The summed E-state index contributed by atoms with van der Waals surface area (Å²) in [5, 5.41) is 0. The minimum Gasteiger partial charge on any atom is -0.790 e. The van der Waals surface area contributed by atoms with Gasteiger partial charge in [0, 0.05) is 0 Å². The van der Waals surface area contributed by atoms with Crippen LogP contribution in [0.25, 0.3) is 11.2 Å². The molecule has 2 aromatic rings. The second kappa shape index (κ2) is 14.6. The zero-order valence-corrected chi connectivity index (χ0v) is 22.6. The summed E-state index contributed by atoms with van der Waals surface area (Å²) in [4.78, 5) is 51.7. The van der Waals surface area contributed by atoms with E-state index in [1.807, 2.05) is 0 Å². The number of anilines is 1.